The lowest BCUT2D eigenvalue weighted by Gasteiger charge is -2.01. The number of hydrogen-bond acceptors (Lipinski definition) is 5. The van der Waals surface area contributed by atoms with E-state index in [-0.39, 0.29) is 11.6 Å². The maximum absolute atomic E-state index is 12.2. The number of nitro groups is 1. The van der Waals surface area contributed by atoms with E-state index >= 15 is 0 Å². The Labute approximate surface area is 151 Å². The van der Waals surface area contributed by atoms with Crippen LogP contribution in [0.3, 0.4) is 0 Å². The second-order valence-electron chi connectivity index (χ2n) is 5.24. The summed E-state index contributed by atoms with van der Waals surface area (Å²) in [7, 11) is 0. The number of fused-ring (bicyclic) bond motifs is 1. The fraction of sp³-hybridized carbons (Fsp3) is 0.176. The van der Waals surface area contributed by atoms with Gasteiger partial charge in [-0.15, -0.1) is 11.3 Å². The molecule has 0 aliphatic carbocycles. The van der Waals surface area contributed by atoms with Gasteiger partial charge in [0.25, 0.3) is 11.6 Å². The van der Waals surface area contributed by atoms with Gasteiger partial charge in [-0.3, -0.25) is 14.9 Å². The van der Waals surface area contributed by atoms with E-state index in [4.69, 9.17) is 0 Å². The summed E-state index contributed by atoms with van der Waals surface area (Å²) in [4.78, 5) is 28.4. The van der Waals surface area contributed by atoms with E-state index in [2.05, 4.69) is 4.99 Å². The Morgan fingerprint density at radius 2 is 2.24 bits per heavy atom. The van der Waals surface area contributed by atoms with Gasteiger partial charge in [0, 0.05) is 29.6 Å². The first-order valence-corrected chi connectivity index (χ1v) is 9.36. The molecule has 128 valence electrons. The third-order valence-electron chi connectivity index (χ3n) is 3.46. The van der Waals surface area contributed by atoms with Gasteiger partial charge in [-0.25, -0.2) is 0 Å². The highest BCUT2D eigenvalue weighted by Crippen LogP contribution is 2.23. The normalized spacial score (nSPS) is 12.3. The minimum absolute atomic E-state index is 0.0351. The zero-order chi connectivity index (χ0) is 17.8. The van der Waals surface area contributed by atoms with Gasteiger partial charge in [-0.05, 0) is 30.0 Å². The molecule has 2 heterocycles. The largest absolute Gasteiger partial charge is 0.316 e. The summed E-state index contributed by atoms with van der Waals surface area (Å²) in [6.07, 6.45) is 4.04. The number of carbonyl (C=O) groups excluding carboxylic acids is 1. The molecule has 3 aromatic rings. The smallest absolute Gasteiger partial charge is 0.272 e. The van der Waals surface area contributed by atoms with E-state index < -0.39 is 4.92 Å². The Bertz CT molecular complexity index is 1010. The molecule has 0 aliphatic rings. The lowest BCUT2D eigenvalue weighted by molar-refractivity contribution is -0.384. The first-order chi connectivity index (χ1) is 12.1. The maximum atomic E-state index is 12.2. The van der Waals surface area contributed by atoms with Crippen molar-refractivity contribution >= 4 is 50.6 Å². The zero-order valence-electron chi connectivity index (χ0n) is 13.4. The molecule has 3 rings (SSSR count). The lowest BCUT2D eigenvalue weighted by Crippen LogP contribution is -2.16. The third kappa shape index (κ3) is 3.92. The average Bonchev–Trinajstić information content (AvgIpc) is 3.21. The molecule has 25 heavy (non-hydrogen) atoms. The standard InChI is InChI=1S/C17H15N3O3S2/c1-2-9-19-14-7-5-12(20(22)23)11-15(14)25-17(19)18-16(21)8-6-13-4-3-10-24-13/h3-8,10-11H,2,9H2,1H3. The van der Waals surface area contributed by atoms with Crippen molar-refractivity contribution in [3.63, 3.8) is 0 Å². The van der Waals surface area contributed by atoms with Crippen LogP contribution in [0.2, 0.25) is 0 Å². The molecule has 1 aromatic carbocycles. The van der Waals surface area contributed by atoms with Gasteiger partial charge in [0.1, 0.15) is 0 Å². The highest BCUT2D eigenvalue weighted by Gasteiger charge is 2.12. The molecule has 0 unspecified atom stereocenters. The maximum Gasteiger partial charge on any atom is 0.272 e. The molecule has 0 bridgehead atoms. The first kappa shape index (κ1) is 17.2. The summed E-state index contributed by atoms with van der Waals surface area (Å²) >= 11 is 2.83. The number of aromatic nitrogens is 1. The summed E-state index contributed by atoms with van der Waals surface area (Å²) in [5.74, 6) is -0.348. The fourth-order valence-electron chi connectivity index (χ4n) is 2.37. The minimum atomic E-state index is -0.422. The van der Waals surface area contributed by atoms with Gasteiger partial charge in [-0.1, -0.05) is 24.3 Å². The number of aryl methyl sites for hydroxylation is 1. The van der Waals surface area contributed by atoms with Crippen molar-refractivity contribution < 1.29 is 9.72 Å². The Kier molecular flexibility index (Phi) is 5.20. The summed E-state index contributed by atoms with van der Waals surface area (Å²) in [6.45, 7) is 2.72. The van der Waals surface area contributed by atoms with E-state index in [1.54, 1.807) is 23.5 Å². The van der Waals surface area contributed by atoms with Crippen molar-refractivity contribution in [1.82, 2.24) is 4.57 Å². The van der Waals surface area contributed by atoms with Crippen LogP contribution in [0.1, 0.15) is 18.2 Å². The molecular weight excluding hydrogens is 358 g/mol. The van der Waals surface area contributed by atoms with E-state index in [0.29, 0.717) is 11.3 Å². The molecule has 0 N–H and O–H groups in total. The number of thiophene rings is 1. The number of hydrogen-bond donors (Lipinski definition) is 0. The average molecular weight is 373 g/mol. The van der Waals surface area contributed by atoms with Gasteiger partial charge in [0.15, 0.2) is 4.80 Å². The number of rotatable bonds is 5. The van der Waals surface area contributed by atoms with Crippen LogP contribution in [0.5, 0.6) is 0 Å². The third-order valence-corrected chi connectivity index (χ3v) is 5.34. The molecule has 0 fully saturated rings. The van der Waals surface area contributed by atoms with Crippen LogP contribution in [-0.2, 0) is 11.3 Å². The van der Waals surface area contributed by atoms with Gasteiger partial charge in [0.05, 0.1) is 15.1 Å². The monoisotopic (exact) mass is 373 g/mol. The minimum Gasteiger partial charge on any atom is -0.316 e. The number of nitrogens with zero attached hydrogens (tertiary/aromatic N) is 3. The molecule has 2 aromatic heterocycles. The first-order valence-electron chi connectivity index (χ1n) is 7.66. The van der Waals surface area contributed by atoms with Crippen LogP contribution in [0.4, 0.5) is 5.69 Å². The molecule has 0 atom stereocenters. The van der Waals surface area contributed by atoms with Crippen molar-refractivity contribution in [2.75, 3.05) is 0 Å². The van der Waals surface area contributed by atoms with E-state index in [0.717, 1.165) is 21.5 Å². The van der Waals surface area contributed by atoms with E-state index in [1.165, 1.54) is 29.5 Å². The van der Waals surface area contributed by atoms with Crippen LogP contribution < -0.4 is 4.80 Å². The number of carbonyl (C=O) groups is 1. The van der Waals surface area contributed by atoms with Crippen molar-refractivity contribution in [2.45, 2.75) is 19.9 Å². The quantitative estimate of drug-likeness (QED) is 0.381. The molecular formula is C17H15N3O3S2. The summed E-state index contributed by atoms with van der Waals surface area (Å²) in [5.41, 5.74) is 0.888. The Hall–Kier alpha value is -2.58. The molecule has 0 saturated carbocycles. The number of non-ortho nitro benzene ring substituents is 1. The molecule has 0 aliphatic heterocycles. The summed E-state index contributed by atoms with van der Waals surface area (Å²) in [6, 6.07) is 8.55. The Morgan fingerprint density at radius 3 is 2.92 bits per heavy atom. The van der Waals surface area contributed by atoms with Gasteiger partial charge in [0.2, 0.25) is 0 Å². The molecule has 0 saturated heterocycles. The van der Waals surface area contributed by atoms with Crippen LogP contribution in [0.15, 0.2) is 46.8 Å². The van der Waals surface area contributed by atoms with Crippen LogP contribution in [0, 0.1) is 10.1 Å². The lowest BCUT2D eigenvalue weighted by atomic mass is 10.3. The molecule has 8 heteroatoms. The number of thiazole rings is 1. The Balaban J connectivity index is 2.02. The topological polar surface area (TPSA) is 77.5 Å². The van der Waals surface area contributed by atoms with E-state index in [1.807, 2.05) is 29.0 Å². The van der Waals surface area contributed by atoms with Gasteiger partial charge >= 0.3 is 0 Å². The molecule has 0 radical (unpaired) electrons. The summed E-state index contributed by atoms with van der Waals surface area (Å²) in [5, 5.41) is 12.9. The van der Waals surface area contributed by atoms with Crippen LogP contribution in [0.25, 0.3) is 16.3 Å². The Morgan fingerprint density at radius 1 is 1.40 bits per heavy atom. The van der Waals surface area contributed by atoms with Crippen molar-refractivity contribution in [1.29, 1.82) is 0 Å². The van der Waals surface area contributed by atoms with E-state index in [9.17, 15) is 14.9 Å². The fourth-order valence-corrected chi connectivity index (χ4v) is 4.08. The second-order valence-corrected chi connectivity index (χ2v) is 7.23. The van der Waals surface area contributed by atoms with Crippen molar-refractivity contribution in [3.05, 3.63) is 61.6 Å². The van der Waals surface area contributed by atoms with Crippen molar-refractivity contribution in [3.8, 4) is 0 Å². The molecule has 6 nitrogen and oxygen atoms in total. The number of amides is 1. The zero-order valence-corrected chi connectivity index (χ0v) is 15.0. The molecule has 1 amide bonds. The van der Waals surface area contributed by atoms with Crippen molar-refractivity contribution in [2.24, 2.45) is 4.99 Å². The summed E-state index contributed by atoms with van der Waals surface area (Å²) < 4.78 is 2.68. The highest BCUT2D eigenvalue weighted by molar-refractivity contribution is 7.16. The number of nitro benzene ring substituents is 1. The van der Waals surface area contributed by atoms with Crippen LogP contribution in [-0.4, -0.2) is 15.4 Å². The van der Waals surface area contributed by atoms with Crippen LogP contribution >= 0.6 is 22.7 Å². The predicted octanol–water partition coefficient (Wildman–Crippen LogP) is 4.22. The number of benzene rings is 1. The van der Waals surface area contributed by atoms with Gasteiger partial charge in [-0.2, -0.15) is 4.99 Å². The predicted molar refractivity (Wildman–Crippen MR) is 101 cm³/mol. The molecule has 0 spiro atoms. The SMILES string of the molecule is CCCn1c(=NC(=O)C=Cc2cccs2)sc2cc([N+](=O)[O-])ccc21. The van der Waals surface area contributed by atoms with Gasteiger partial charge < -0.3 is 4.57 Å². The second kappa shape index (κ2) is 7.54. The highest BCUT2D eigenvalue weighted by atomic mass is 32.1.